The number of benzene rings is 1. The Balaban J connectivity index is 2.93. The van der Waals surface area contributed by atoms with Gasteiger partial charge in [-0.15, -0.1) is 0 Å². The Hall–Kier alpha value is -1.18. The molecule has 1 N–H and O–H groups in total. The summed E-state index contributed by atoms with van der Waals surface area (Å²) in [5.74, 6) is 0.768. The van der Waals surface area contributed by atoms with Crippen molar-refractivity contribution in [3.05, 3.63) is 23.8 Å². The lowest BCUT2D eigenvalue weighted by atomic mass is 10.2. The molecule has 2 nitrogen and oxygen atoms in total. The second-order valence-corrected chi connectivity index (χ2v) is 2.40. The number of aromatic hydroxyl groups is 1. The van der Waals surface area contributed by atoms with E-state index in [1.807, 2.05) is 26.0 Å². The normalized spacial score (nSPS) is 9.64. The van der Waals surface area contributed by atoms with Crippen molar-refractivity contribution in [2.75, 3.05) is 6.61 Å². The Morgan fingerprint density at radius 1 is 1.45 bits per heavy atom. The fourth-order valence-electron chi connectivity index (χ4n) is 0.892. The molecule has 0 aliphatic carbocycles. The van der Waals surface area contributed by atoms with Gasteiger partial charge in [0.15, 0.2) is 11.5 Å². The minimum absolute atomic E-state index is 0.206. The molecule has 1 aromatic rings. The number of ether oxygens (including phenoxy) is 1. The van der Waals surface area contributed by atoms with Gasteiger partial charge in [0.25, 0.3) is 0 Å². The second-order valence-electron chi connectivity index (χ2n) is 2.40. The molecular formula is C9H12O2. The van der Waals surface area contributed by atoms with Crippen molar-refractivity contribution >= 4 is 0 Å². The Morgan fingerprint density at radius 2 is 2.18 bits per heavy atom. The van der Waals surface area contributed by atoms with Gasteiger partial charge in [0.2, 0.25) is 0 Å². The number of phenolic OH excluding ortho intramolecular Hbond substituents is 1. The van der Waals surface area contributed by atoms with Gasteiger partial charge >= 0.3 is 0 Å². The molecule has 0 heterocycles. The van der Waals surface area contributed by atoms with Crippen LogP contribution < -0.4 is 4.74 Å². The van der Waals surface area contributed by atoms with E-state index >= 15 is 0 Å². The van der Waals surface area contributed by atoms with Crippen LogP contribution >= 0.6 is 0 Å². The highest BCUT2D eigenvalue weighted by Crippen LogP contribution is 2.26. The van der Waals surface area contributed by atoms with Gasteiger partial charge in [-0.1, -0.05) is 6.07 Å². The lowest BCUT2D eigenvalue weighted by Crippen LogP contribution is -1.91. The standard InChI is InChI=1S/C9H12O2/c1-3-11-9-6-7(2)4-5-8(9)10/h4-6,10H,3H2,1-2H3. The van der Waals surface area contributed by atoms with Gasteiger partial charge in [-0.2, -0.15) is 0 Å². The summed E-state index contributed by atoms with van der Waals surface area (Å²) in [5.41, 5.74) is 1.09. The maximum Gasteiger partial charge on any atom is 0.161 e. The maximum absolute atomic E-state index is 9.24. The molecule has 2 heteroatoms. The van der Waals surface area contributed by atoms with Gasteiger partial charge in [0.1, 0.15) is 0 Å². The molecule has 0 aliphatic rings. The average molecular weight is 152 g/mol. The van der Waals surface area contributed by atoms with E-state index in [9.17, 15) is 5.11 Å². The van der Waals surface area contributed by atoms with Crippen LogP contribution in [0.4, 0.5) is 0 Å². The molecule has 1 rings (SSSR count). The lowest BCUT2D eigenvalue weighted by molar-refractivity contribution is 0.318. The third kappa shape index (κ3) is 1.87. The van der Waals surface area contributed by atoms with Crippen LogP contribution in [0, 0.1) is 6.92 Å². The van der Waals surface area contributed by atoms with Crippen molar-refractivity contribution in [1.29, 1.82) is 0 Å². The van der Waals surface area contributed by atoms with Crippen LogP contribution in [-0.2, 0) is 0 Å². The van der Waals surface area contributed by atoms with Crippen molar-refractivity contribution in [1.82, 2.24) is 0 Å². The summed E-state index contributed by atoms with van der Waals surface area (Å²) in [7, 11) is 0. The zero-order valence-electron chi connectivity index (χ0n) is 6.79. The third-order valence-electron chi connectivity index (χ3n) is 1.42. The van der Waals surface area contributed by atoms with Gasteiger partial charge in [0, 0.05) is 0 Å². The molecular weight excluding hydrogens is 140 g/mol. The lowest BCUT2D eigenvalue weighted by Gasteiger charge is -2.05. The van der Waals surface area contributed by atoms with Gasteiger partial charge in [-0.25, -0.2) is 0 Å². The van der Waals surface area contributed by atoms with E-state index in [0.717, 1.165) is 5.56 Å². The van der Waals surface area contributed by atoms with Crippen molar-refractivity contribution in [2.45, 2.75) is 13.8 Å². The summed E-state index contributed by atoms with van der Waals surface area (Å²) in [6.45, 7) is 4.43. The zero-order chi connectivity index (χ0) is 8.27. The first-order chi connectivity index (χ1) is 5.24. The Morgan fingerprint density at radius 3 is 2.82 bits per heavy atom. The largest absolute Gasteiger partial charge is 0.504 e. The number of hydrogen-bond acceptors (Lipinski definition) is 2. The molecule has 0 unspecified atom stereocenters. The summed E-state index contributed by atoms with van der Waals surface area (Å²) in [4.78, 5) is 0. The molecule has 0 radical (unpaired) electrons. The molecule has 0 spiro atoms. The number of rotatable bonds is 2. The van der Waals surface area contributed by atoms with Crippen molar-refractivity contribution in [3.63, 3.8) is 0 Å². The maximum atomic E-state index is 9.24. The summed E-state index contributed by atoms with van der Waals surface area (Å²) in [6, 6.07) is 5.30. The van der Waals surface area contributed by atoms with E-state index in [2.05, 4.69) is 0 Å². The van der Waals surface area contributed by atoms with Crippen molar-refractivity contribution in [3.8, 4) is 11.5 Å². The molecule has 0 saturated heterocycles. The van der Waals surface area contributed by atoms with E-state index in [1.54, 1.807) is 6.07 Å². The van der Waals surface area contributed by atoms with Crippen LogP contribution in [0.2, 0.25) is 0 Å². The van der Waals surface area contributed by atoms with E-state index in [0.29, 0.717) is 12.4 Å². The first-order valence-corrected chi connectivity index (χ1v) is 3.66. The van der Waals surface area contributed by atoms with Crippen LogP contribution in [-0.4, -0.2) is 11.7 Å². The second kappa shape index (κ2) is 3.28. The fourth-order valence-corrected chi connectivity index (χ4v) is 0.892. The Labute approximate surface area is 66.4 Å². The number of hydrogen-bond donors (Lipinski definition) is 1. The topological polar surface area (TPSA) is 29.5 Å². The zero-order valence-corrected chi connectivity index (χ0v) is 6.79. The predicted molar refractivity (Wildman–Crippen MR) is 44.0 cm³/mol. The van der Waals surface area contributed by atoms with Crippen LogP contribution in [0.1, 0.15) is 12.5 Å². The predicted octanol–water partition coefficient (Wildman–Crippen LogP) is 2.10. The van der Waals surface area contributed by atoms with Crippen molar-refractivity contribution < 1.29 is 9.84 Å². The Kier molecular flexibility index (Phi) is 2.36. The van der Waals surface area contributed by atoms with E-state index in [1.165, 1.54) is 0 Å². The number of phenols is 1. The van der Waals surface area contributed by atoms with Gasteiger partial charge in [0.05, 0.1) is 6.61 Å². The molecule has 0 aliphatic heterocycles. The van der Waals surface area contributed by atoms with Crippen LogP contribution in [0.5, 0.6) is 11.5 Å². The molecule has 0 saturated carbocycles. The van der Waals surface area contributed by atoms with E-state index in [-0.39, 0.29) is 5.75 Å². The molecule has 0 atom stereocenters. The average Bonchev–Trinajstić information content (AvgIpc) is 1.98. The minimum Gasteiger partial charge on any atom is -0.504 e. The van der Waals surface area contributed by atoms with Gasteiger partial charge < -0.3 is 9.84 Å². The van der Waals surface area contributed by atoms with Crippen LogP contribution in [0.3, 0.4) is 0 Å². The fraction of sp³-hybridized carbons (Fsp3) is 0.333. The van der Waals surface area contributed by atoms with Crippen LogP contribution in [0.25, 0.3) is 0 Å². The SMILES string of the molecule is CCOc1cc(C)ccc1O. The quantitative estimate of drug-likeness (QED) is 0.703. The minimum atomic E-state index is 0.206. The molecule has 0 aromatic heterocycles. The molecule has 60 valence electrons. The van der Waals surface area contributed by atoms with E-state index < -0.39 is 0 Å². The van der Waals surface area contributed by atoms with Gasteiger partial charge in [-0.3, -0.25) is 0 Å². The molecule has 0 fully saturated rings. The van der Waals surface area contributed by atoms with Gasteiger partial charge in [-0.05, 0) is 31.5 Å². The summed E-state index contributed by atoms with van der Waals surface area (Å²) < 4.78 is 5.17. The highest BCUT2D eigenvalue weighted by Gasteiger charge is 1.99. The van der Waals surface area contributed by atoms with Crippen LogP contribution in [0.15, 0.2) is 18.2 Å². The first kappa shape index (κ1) is 7.92. The highest BCUT2D eigenvalue weighted by atomic mass is 16.5. The monoisotopic (exact) mass is 152 g/mol. The summed E-state index contributed by atoms with van der Waals surface area (Å²) in [5, 5.41) is 9.24. The highest BCUT2D eigenvalue weighted by molar-refractivity contribution is 5.41. The third-order valence-corrected chi connectivity index (χ3v) is 1.42. The molecule has 0 amide bonds. The smallest absolute Gasteiger partial charge is 0.161 e. The molecule has 1 aromatic carbocycles. The van der Waals surface area contributed by atoms with Crippen molar-refractivity contribution in [2.24, 2.45) is 0 Å². The van der Waals surface area contributed by atoms with E-state index in [4.69, 9.17) is 4.74 Å². The molecule has 0 bridgehead atoms. The first-order valence-electron chi connectivity index (χ1n) is 3.66. The number of aryl methyl sites for hydroxylation is 1. The summed E-state index contributed by atoms with van der Waals surface area (Å²) in [6.07, 6.45) is 0. The Bertz CT molecular complexity index is 243. The summed E-state index contributed by atoms with van der Waals surface area (Å²) >= 11 is 0. The molecule has 11 heavy (non-hydrogen) atoms.